The number of carboxylic acids is 1. The second kappa shape index (κ2) is 3.53. The number of hydrogen-bond donors (Lipinski definition) is 1. The summed E-state index contributed by atoms with van der Waals surface area (Å²) in [6.07, 6.45) is 3.62. The first-order valence-electron chi connectivity index (χ1n) is 4.89. The average Bonchev–Trinajstić information content (AvgIpc) is 2.98. The molecule has 0 spiro atoms. The molecular formula is C11H13NO3. The normalized spacial score (nSPS) is 17.1. The van der Waals surface area contributed by atoms with E-state index in [0.29, 0.717) is 5.88 Å². The Morgan fingerprint density at radius 2 is 2.40 bits per heavy atom. The number of ether oxygens (including phenoxy) is 1. The van der Waals surface area contributed by atoms with Crippen molar-refractivity contribution in [3.63, 3.8) is 0 Å². The van der Waals surface area contributed by atoms with Gasteiger partial charge in [-0.05, 0) is 18.9 Å². The second-order valence-electron chi connectivity index (χ2n) is 3.91. The molecule has 1 aromatic heterocycles. The van der Waals surface area contributed by atoms with Crippen LogP contribution in [0.25, 0.3) is 0 Å². The minimum absolute atomic E-state index is 0.162. The van der Waals surface area contributed by atoms with Gasteiger partial charge < -0.3 is 9.84 Å². The summed E-state index contributed by atoms with van der Waals surface area (Å²) in [6.45, 7) is 0. The summed E-state index contributed by atoms with van der Waals surface area (Å²) in [5.41, 5.74) is 0.695. The molecule has 4 heteroatoms. The number of carboxylic acid groups (broad SMARTS) is 1. The van der Waals surface area contributed by atoms with Crippen molar-refractivity contribution < 1.29 is 14.6 Å². The Kier molecular flexibility index (Phi) is 2.34. The number of aliphatic carboxylic acids is 1. The molecule has 1 heterocycles. The molecule has 80 valence electrons. The van der Waals surface area contributed by atoms with E-state index in [0.717, 1.165) is 18.4 Å². The summed E-state index contributed by atoms with van der Waals surface area (Å²) in [7, 11) is 1.56. The third kappa shape index (κ3) is 1.79. The molecule has 1 aromatic rings. The highest BCUT2D eigenvalue weighted by Gasteiger charge is 2.48. The van der Waals surface area contributed by atoms with Crippen LogP contribution in [0.15, 0.2) is 18.3 Å². The van der Waals surface area contributed by atoms with Crippen molar-refractivity contribution >= 4 is 5.97 Å². The van der Waals surface area contributed by atoms with Crippen molar-refractivity contribution in [2.45, 2.75) is 24.7 Å². The van der Waals surface area contributed by atoms with Crippen molar-refractivity contribution in [3.8, 4) is 5.88 Å². The molecule has 0 unspecified atom stereocenters. The molecule has 1 aliphatic carbocycles. The minimum Gasteiger partial charge on any atom is -0.481 e. The van der Waals surface area contributed by atoms with Crippen LogP contribution in [0.3, 0.4) is 0 Å². The van der Waals surface area contributed by atoms with Crippen molar-refractivity contribution in [1.29, 1.82) is 0 Å². The lowest BCUT2D eigenvalue weighted by Crippen LogP contribution is -2.14. The van der Waals surface area contributed by atoms with Crippen molar-refractivity contribution in [1.82, 2.24) is 4.98 Å². The number of hydrogen-bond acceptors (Lipinski definition) is 3. The van der Waals surface area contributed by atoms with E-state index >= 15 is 0 Å². The Labute approximate surface area is 87.9 Å². The van der Waals surface area contributed by atoms with Gasteiger partial charge in [0.2, 0.25) is 5.88 Å². The summed E-state index contributed by atoms with van der Waals surface area (Å²) < 4.78 is 5.15. The van der Waals surface area contributed by atoms with E-state index in [1.165, 1.54) is 0 Å². The van der Waals surface area contributed by atoms with Crippen LogP contribution in [0.4, 0.5) is 0 Å². The maximum Gasteiger partial charge on any atom is 0.304 e. The summed E-state index contributed by atoms with van der Waals surface area (Å²) in [5.74, 6) is -0.213. The molecule has 15 heavy (non-hydrogen) atoms. The molecule has 0 amide bonds. The van der Waals surface area contributed by atoms with Gasteiger partial charge in [-0.3, -0.25) is 4.79 Å². The van der Waals surface area contributed by atoms with Crippen molar-refractivity contribution in [2.24, 2.45) is 0 Å². The van der Waals surface area contributed by atoms with Crippen LogP contribution in [-0.2, 0) is 10.2 Å². The molecule has 0 saturated heterocycles. The molecule has 2 rings (SSSR count). The lowest BCUT2D eigenvalue weighted by molar-refractivity contribution is -0.137. The smallest absolute Gasteiger partial charge is 0.304 e. The van der Waals surface area contributed by atoms with Crippen LogP contribution in [0.5, 0.6) is 5.88 Å². The number of rotatable bonds is 4. The van der Waals surface area contributed by atoms with Gasteiger partial charge in [-0.1, -0.05) is 6.07 Å². The second-order valence-corrected chi connectivity index (χ2v) is 3.91. The van der Waals surface area contributed by atoms with Gasteiger partial charge in [0.1, 0.15) is 0 Å². The molecule has 1 fully saturated rings. The number of carbonyl (C=O) groups is 1. The zero-order chi connectivity index (χ0) is 10.9. The quantitative estimate of drug-likeness (QED) is 0.814. The van der Waals surface area contributed by atoms with E-state index in [-0.39, 0.29) is 11.8 Å². The molecule has 1 N–H and O–H groups in total. The fraction of sp³-hybridized carbons (Fsp3) is 0.455. The first-order chi connectivity index (χ1) is 7.18. The third-order valence-electron chi connectivity index (χ3n) is 2.88. The third-order valence-corrected chi connectivity index (χ3v) is 2.88. The molecule has 4 nitrogen and oxygen atoms in total. The summed E-state index contributed by atoms with van der Waals surface area (Å²) in [6, 6.07) is 3.72. The van der Waals surface area contributed by atoms with E-state index in [4.69, 9.17) is 9.84 Å². The monoisotopic (exact) mass is 207 g/mol. The average molecular weight is 207 g/mol. The van der Waals surface area contributed by atoms with Gasteiger partial charge in [-0.25, -0.2) is 4.98 Å². The largest absolute Gasteiger partial charge is 0.481 e. The van der Waals surface area contributed by atoms with Crippen LogP contribution in [-0.4, -0.2) is 23.2 Å². The maximum atomic E-state index is 10.8. The molecule has 0 bridgehead atoms. The molecular weight excluding hydrogens is 194 g/mol. The van der Waals surface area contributed by atoms with Crippen LogP contribution >= 0.6 is 0 Å². The number of nitrogens with zero attached hydrogens (tertiary/aromatic N) is 1. The molecule has 0 aromatic carbocycles. The molecule has 0 atom stereocenters. The zero-order valence-corrected chi connectivity index (χ0v) is 8.56. The highest BCUT2D eigenvalue weighted by Crippen LogP contribution is 2.53. The zero-order valence-electron chi connectivity index (χ0n) is 8.56. The Morgan fingerprint density at radius 3 is 2.93 bits per heavy atom. The predicted molar refractivity (Wildman–Crippen MR) is 54.0 cm³/mol. The van der Waals surface area contributed by atoms with Gasteiger partial charge >= 0.3 is 5.97 Å². The molecule has 0 radical (unpaired) electrons. The standard InChI is InChI=1S/C11H13NO3/c1-15-10-8(3-2-6-12-10)11(4-5-11)7-9(13)14/h2-3,6H,4-5,7H2,1H3,(H,13,14). The predicted octanol–water partition coefficient (Wildman–Crippen LogP) is 1.60. The van der Waals surface area contributed by atoms with Crippen LogP contribution in [0.2, 0.25) is 0 Å². The summed E-state index contributed by atoms with van der Waals surface area (Å²) in [4.78, 5) is 14.9. The number of methoxy groups -OCH3 is 1. The topological polar surface area (TPSA) is 59.4 Å². The van der Waals surface area contributed by atoms with Gasteiger partial charge in [-0.2, -0.15) is 0 Å². The fourth-order valence-electron chi connectivity index (χ4n) is 1.94. The highest BCUT2D eigenvalue weighted by atomic mass is 16.5. The van der Waals surface area contributed by atoms with E-state index in [2.05, 4.69) is 4.98 Å². The first-order valence-corrected chi connectivity index (χ1v) is 4.89. The Balaban J connectivity index is 2.32. The van der Waals surface area contributed by atoms with Crippen LogP contribution in [0.1, 0.15) is 24.8 Å². The van der Waals surface area contributed by atoms with E-state index in [9.17, 15) is 4.79 Å². The Bertz CT molecular complexity index is 385. The lowest BCUT2D eigenvalue weighted by Gasteiger charge is -2.15. The maximum absolute atomic E-state index is 10.8. The SMILES string of the molecule is COc1ncccc1C1(CC(=O)O)CC1. The molecule has 1 saturated carbocycles. The summed E-state index contributed by atoms with van der Waals surface area (Å²) in [5, 5.41) is 8.85. The number of aromatic nitrogens is 1. The summed E-state index contributed by atoms with van der Waals surface area (Å²) >= 11 is 0. The minimum atomic E-state index is -0.765. The van der Waals surface area contributed by atoms with Crippen molar-refractivity contribution in [3.05, 3.63) is 23.9 Å². The van der Waals surface area contributed by atoms with E-state index < -0.39 is 5.97 Å². The van der Waals surface area contributed by atoms with Gasteiger partial charge in [0, 0.05) is 17.2 Å². The Morgan fingerprint density at radius 1 is 1.67 bits per heavy atom. The van der Waals surface area contributed by atoms with Gasteiger partial charge in [0.25, 0.3) is 0 Å². The first kappa shape index (κ1) is 9.96. The fourth-order valence-corrected chi connectivity index (χ4v) is 1.94. The van der Waals surface area contributed by atoms with Crippen molar-refractivity contribution in [2.75, 3.05) is 7.11 Å². The van der Waals surface area contributed by atoms with Gasteiger partial charge in [-0.15, -0.1) is 0 Å². The van der Waals surface area contributed by atoms with Gasteiger partial charge in [0.15, 0.2) is 0 Å². The van der Waals surface area contributed by atoms with Crippen LogP contribution in [0, 0.1) is 0 Å². The number of pyridine rings is 1. The lowest BCUT2D eigenvalue weighted by atomic mass is 9.93. The van der Waals surface area contributed by atoms with E-state index in [1.54, 1.807) is 13.3 Å². The van der Waals surface area contributed by atoms with Crippen LogP contribution < -0.4 is 4.74 Å². The molecule has 1 aliphatic rings. The van der Waals surface area contributed by atoms with Gasteiger partial charge in [0.05, 0.1) is 13.5 Å². The highest BCUT2D eigenvalue weighted by molar-refractivity contribution is 5.70. The molecule has 0 aliphatic heterocycles. The van der Waals surface area contributed by atoms with E-state index in [1.807, 2.05) is 12.1 Å². The Hall–Kier alpha value is -1.58.